The van der Waals surface area contributed by atoms with Gasteiger partial charge in [-0.1, -0.05) is 30.3 Å². The number of aromatic nitrogens is 2. The zero-order valence-corrected chi connectivity index (χ0v) is 26.0. The van der Waals surface area contributed by atoms with Crippen molar-refractivity contribution in [2.24, 2.45) is 0 Å². The van der Waals surface area contributed by atoms with Gasteiger partial charge in [-0.15, -0.1) is 11.3 Å². The average Bonchev–Trinajstić information content (AvgIpc) is 3.65. The monoisotopic (exact) mass is 623 g/mol. The topological polar surface area (TPSA) is 120 Å². The number of carbonyl (C=O) groups is 3. The third-order valence-electron chi connectivity index (χ3n) is 7.99. The number of thiophene rings is 1. The van der Waals surface area contributed by atoms with Gasteiger partial charge in [-0.25, -0.2) is 14.6 Å². The van der Waals surface area contributed by atoms with Crippen LogP contribution in [0.3, 0.4) is 0 Å². The van der Waals surface area contributed by atoms with Gasteiger partial charge in [0.1, 0.15) is 16.6 Å². The number of carbonyl (C=O) groups excluding carboxylic acids is 3. The molecule has 1 aliphatic carbocycles. The highest BCUT2D eigenvalue weighted by Gasteiger charge is 2.32. The molecule has 9 nitrogen and oxygen atoms in total. The lowest BCUT2D eigenvalue weighted by molar-refractivity contribution is -0.123. The molecule has 0 saturated carbocycles. The molecule has 6 rings (SSSR count). The van der Waals surface area contributed by atoms with Crippen molar-refractivity contribution >= 4 is 45.2 Å². The lowest BCUT2D eigenvalue weighted by atomic mass is 9.83. The normalized spacial score (nSPS) is 14.8. The predicted octanol–water partition coefficient (Wildman–Crippen LogP) is 6.93. The number of H-pyrrole nitrogens is 1. The molecule has 1 amide bonds. The summed E-state index contributed by atoms with van der Waals surface area (Å²) >= 11 is 1.39. The Labute approximate surface area is 264 Å². The fraction of sp³-hybridized carbons (Fsp3) is 0.257. The molecule has 2 unspecified atom stereocenters. The quantitative estimate of drug-likeness (QED) is 0.171. The second-order valence-corrected chi connectivity index (χ2v) is 12.0. The number of methoxy groups -OCH3 is 1. The third-order valence-corrected chi connectivity index (χ3v) is 9.16. The Morgan fingerprint density at radius 2 is 1.82 bits per heavy atom. The fourth-order valence-corrected chi connectivity index (χ4v) is 6.94. The van der Waals surface area contributed by atoms with Crippen LogP contribution in [0.1, 0.15) is 62.9 Å². The molecule has 0 saturated heterocycles. The number of benzene rings is 3. The number of aromatic amines is 1. The van der Waals surface area contributed by atoms with E-state index in [0.717, 1.165) is 34.6 Å². The molecule has 2 atom stereocenters. The molecule has 2 N–H and O–H groups in total. The summed E-state index contributed by atoms with van der Waals surface area (Å²) in [5.74, 6) is 0.0753. The number of ether oxygens (including phenoxy) is 3. The van der Waals surface area contributed by atoms with Crippen molar-refractivity contribution in [1.29, 1.82) is 0 Å². The molecule has 0 fully saturated rings. The van der Waals surface area contributed by atoms with E-state index in [-0.39, 0.29) is 12.2 Å². The standard InChI is InChI=1S/C35H33N3O6S/c1-4-43-35(41)30-26-16-12-23(21-8-6-5-7-9-21)19-29(26)45-33(30)38-32(39)20(2)44-34(40)24-13-17-27-28(18-24)37-31(36-27)22-10-14-25(42-3)15-11-22/h5-11,13-15,17-18,20,23H,4,12,16,19H2,1-3H3,(H,36,37)(H,38,39). The van der Waals surface area contributed by atoms with Crippen molar-refractivity contribution in [2.75, 3.05) is 19.0 Å². The number of esters is 2. The molecule has 0 radical (unpaired) electrons. The molecule has 2 aromatic heterocycles. The van der Waals surface area contributed by atoms with E-state index in [2.05, 4.69) is 27.4 Å². The number of fused-ring (bicyclic) bond motifs is 2. The number of nitrogens with zero attached hydrogens (tertiary/aromatic N) is 1. The molecule has 0 spiro atoms. The maximum absolute atomic E-state index is 13.3. The predicted molar refractivity (Wildman–Crippen MR) is 173 cm³/mol. The van der Waals surface area contributed by atoms with Gasteiger partial charge in [-0.2, -0.15) is 0 Å². The Hall–Kier alpha value is -4.96. The maximum atomic E-state index is 13.3. The van der Waals surface area contributed by atoms with Crippen LogP contribution in [0.15, 0.2) is 72.8 Å². The minimum atomic E-state index is -1.11. The molecule has 0 bridgehead atoms. The minimum Gasteiger partial charge on any atom is -0.497 e. The van der Waals surface area contributed by atoms with E-state index in [9.17, 15) is 14.4 Å². The molecule has 1 aliphatic rings. The summed E-state index contributed by atoms with van der Waals surface area (Å²) in [6.07, 6.45) is 1.25. The smallest absolute Gasteiger partial charge is 0.341 e. The van der Waals surface area contributed by atoms with Crippen molar-refractivity contribution in [3.8, 4) is 17.1 Å². The summed E-state index contributed by atoms with van der Waals surface area (Å²) in [6.45, 7) is 3.48. The lowest BCUT2D eigenvalue weighted by Gasteiger charge is -2.23. The van der Waals surface area contributed by atoms with Crippen LogP contribution in [0.2, 0.25) is 0 Å². The van der Waals surface area contributed by atoms with Crippen LogP contribution in [-0.2, 0) is 27.1 Å². The fourth-order valence-electron chi connectivity index (χ4n) is 5.62. The highest BCUT2D eigenvalue weighted by molar-refractivity contribution is 7.17. The number of hydrogen-bond donors (Lipinski definition) is 2. The molecule has 10 heteroatoms. The van der Waals surface area contributed by atoms with Gasteiger partial charge in [-0.05, 0) is 92.6 Å². The number of rotatable bonds is 9. The van der Waals surface area contributed by atoms with E-state index in [1.807, 2.05) is 42.5 Å². The molecule has 5 aromatic rings. The number of imidazole rings is 1. The number of anilines is 1. The van der Waals surface area contributed by atoms with Crippen molar-refractivity contribution in [1.82, 2.24) is 9.97 Å². The minimum absolute atomic E-state index is 0.222. The lowest BCUT2D eigenvalue weighted by Crippen LogP contribution is -2.30. The van der Waals surface area contributed by atoms with E-state index >= 15 is 0 Å². The first-order chi connectivity index (χ1) is 21.8. The van der Waals surface area contributed by atoms with Crippen LogP contribution in [0.4, 0.5) is 5.00 Å². The van der Waals surface area contributed by atoms with Crippen molar-refractivity contribution in [3.05, 3.63) is 99.9 Å². The van der Waals surface area contributed by atoms with Crippen LogP contribution < -0.4 is 10.1 Å². The van der Waals surface area contributed by atoms with Gasteiger partial charge >= 0.3 is 11.9 Å². The number of amides is 1. The SMILES string of the molecule is CCOC(=O)c1c(NC(=O)C(C)OC(=O)c2ccc3nc(-c4ccc(OC)cc4)[nH]c3c2)sc2c1CCC(c1ccccc1)C2. The van der Waals surface area contributed by atoms with E-state index < -0.39 is 23.9 Å². The van der Waals surface area contributed by atoms with Crippen molar-refractivity contribution in [2.45, 2.75) is 45.1 Å². The average molecular weight is 624 g/mol. The molecule has 230 valence electrons. The molecular weight excluding hydrogens is 590 g/mol. The van der Waals surface area contributed by atoms with Crippen LogP contribution in [-0.4, -0.2) is 47.6 Å². The molecule has 45 heavy (non-hydrogen) atoms. The maximum Gasteiger partial charge on any atom is 0.341 e. The van der Waals surface area contributed by atoms with E-state index in [1.54, 1.807) is 32.2 Å². The van der Waals surface area contributed by atoms with Gasteiger partial charge < -0.3 is 24.5 Å². The van der Waals surface area contributed by atoms with Crippen LogP contribution in [0.25, 0.3) is 22.4 Å². The van der Waals surface area contributed by atoms with Gasteiger partial charge in [0.15, 0.2) is 6.10 Å². The van der Waals surface area contributed by atoms with E-state index in [0.29, 0.717) is 39.8 Å². The van der Waals surface area contributed by atoms with Crippen LogP contribution >= 0.6 is 11.3 Å². The second-order valence-electron chi connectivity index (χ2n) is 10.9. The van der Waals surface area contributed by atoms with Crippen molar-refractivity contribution in [3.63, 3.8) is 0 Å². The number of hydrogen-bond acceptors (Lipinski definition) is 8. The largest absolute Gasteiger partial charge is 0.497 e. The zero-order chi connectivity index (χ0) is 31.5. The Kier molecular flexibility index (Phi) is 8.66. The van der Waals surface area contributed by atoms with E-state index in [4.69, 9.17) is 14.2 Å². The molecule has 2 heterocycles. The van der Waals surface area contributed by atoms with Gasteiger partial charge in [0.2, 0.25) is 0 Å². The zero-order valence-electron chi connectivity index (χ0n) is 25.2. The first-order valence-electron chi connectivity index (χ1n) is 14.9. The Morgan fingerprint density at radius 1 is 1.04 bits per heavy atom. The van der Waals surface area contributed by atoms with Crippen molar-refractivity contribution < 1.29 is 28.6 Å². The third kappa shape index (κ3) is 6.32. The van der Waals surface area contributed by atoms with Gasteiger partial charge in [0.05, 0.1) is 35.9 Å². The summed E-state index contributed by atoms with van der Waals surface area (Å²) in [5.41, 5.74) is 5.06. The van der Waals surface area contributed by atoms with Gasteiger partial charge in [0, 0.05) is 10.4 Å². The Balaban J connectivity index is 1.16. The highest BCUT2D eigenvalue weighted by Crippen LogP contribution is 2.43. The van der Waals surface area contributed by atoms with Crippen LogP contribution in [0, 0.1) is 0 Å². The first-order valence-corrected chi connectivity index (χ1v) is 15.7. The first kappa shape index (κ1) is 30.1. The summed E-state index contributed by atoms with van der Waals surface area (Å²) < 4.78 is 16.1. The summed E-state index contributed by atoms with van der Waals surface area (Å²) in [5, 5.41) is 3.28. The van der Waals surface area contributed by atoms with Crippen LogP contribution in [0.5, 0.6) is 5.75 Å². The molecule has 0 aliphatic heterocycles. The Bertz CT molecular complexity index is 1860. The number of nitrogens with one attached hydrogen (secondary N) is 2. The summed E-state index contributed by atoms with van der Waals surface area (Å²) in [6, 6.07) is 22.8. The van der Waals surface area contributed by atoms with E-state index in [1.165, 1.54) is 23.8 Å². The second kappa shape index (κ2) is 13.0. The Morgan fingerprint density at radius 3 is 2.56 bits per heavy atom. The molecular formula is C35H33N3O6S. The summed E-state index contributed by atoms with van der Waals surface area (Å²) in [4.78, 5) is 48.3. The highest BCUT2D eigenvalue weighted by atomic mass is 32.1. The summed E-state index contributed by atoms with van der Waals surface area (Å²) in [7, 11) is 1.61. The van der Waals surface area contributed by atoms with Gasteiger partial charge in [-0.3, -0.25) is 4.79 Å². The van der Waals surface area contributed by atoms with Gasteiger partial charge in [0.25, 0.3) is 5.91 Å². The molecule has 3 aromatic carbocycles.